The largest absolute Gasteiger partial charge is 0.437 e. The molecule has 0 radical (unpaired) electrons. The van der Waals surface area contributed by atoms with Gasteiger partial charge >= 0.3 is 0 Å². The van der Waals surface area contributed by atoms with E-state index < -0.39 is 0 Å². The first-order chi connectivity index (χ1) is 13.6. The van der Waals surface area contributed by atoms with E-state index in [0.717, 1.165) is 18.7 Å². The molecule has 0 saturated carbocycles. The SMILES string of the molecule is Cc1ccc(Oc2nccnc2SCC(=O)NCCN2CCCC[C@@H]2C)cc1. The lowest BCUT2D eigenvalue weighted by atomic mass is 10.0. The van der Waals surface area contributed by atoms with Crippen LogP contribution in [0, 0.1) is 6.92 Å². The van der Waals surface area contributed by atoms with Gasteiger partial charge in [0.15, 0.2) is 5.03 Å². The molecule has 2 aromatic rings. The highest BCUT2D eigenvalue weighted by molar-refractivity contribution is 8.00. The van der Waals surface area contributed by atoms with Crippen LogP contribution in [0.4, 0.5) is 0 Å². The number of ether oxygens (including phenoxy) is 1. The zero-order chi connectivity index (χ0) is 19.8. The molecule has 1 fully saturated rings. The van der Waals surface area contributed by atoms with Gasteiger partial charge in [-0.3, -0.25) is 9.69 Å². The number of likely N-dealkylation sites (tertiary alicyclic amines) is 1. The van der Waals surface area contributed by atoms with Crippen LogP contribution in [0.1, 0.15) is 31.7 Å². The fraction of sp³-hybridized carbons (Fsp3) is 0.476. The minimum atomic E-state index is 0.00148. The Labute approximate surface area is 171 Å². The summed E-state index contributed by atoms with van der Waals surface area (Å²) in [6.07, 6.45) is 7.02. The normalized spacial score (nSPS) is 17.3. The third-order valence-electron chi connectivity index (χ3n) is 4.87. The second-order valence-electron chi connectivity index (χ2n) is 7.10. The second-order valence-corrected chi connectivity index (χ2v) is 8.07. The molecular weight excluding hydrogens is 372 g/mol. The second kappa shape index (κ2) is 10.4. The molecular formula is C21H28N4O2S. The van der Waals surface area contributed by atoms with Crippen molar-refractivity contribution >= 4 is 17.7 Å². The van der Waals surface area contributed by atoms with E-state index in [1.165, 1.54) is 31.0 Å². The van der Waals surface area contributed by atoms with Crippen LogP contribution < -0.4 is 10.1 Å². The Kier molecular flexibility index (Phi) is 7.68. The maximum Gasteiger partial charge on any atom is 0.252 e. The molecule has 150 valence electrons. The predicted molar refractivity (Wildman–Crippen MR) is 112 cm³/mol. The van der Waals surface area contributed by atoms with Gasteiger partial charge < -0.3 is 10.1 Å². The third-order valence-corrected chi connectivity index (χ3v) is 5.83. The van der Waals surface area contributed by atoms with Crippen LogP contribution in [0.2, 0.25) is 0 Å². The minimum absolute atomic E-state index is 0.00148. The first-order valence-electron chi connectivity index (χ1n) is 9.81. The van der Waals surface area contributed by atoms with Gasteiger partial charge in [0.1, 0.15) is 5.75 Å². The van der Waals surface area contributed by atoms with Crippen LogP contribution in [-0.2, 0) is 4.79 Å². The number of carbonyl (C=O) groups excluding carboxylic acids is 1. The van der Waals surface area contributed by atoms with Gasteiger partial charge in [0.25, 0.3) is 5.88 Å². The van der Waals surface area contributed by atoms with Crippen LogP contribution in [0.3, 0.4) is 0 Å². The molecule has 0 aliphatic carbocycles. The summed E-state index contributed by atoms with van der Waals surface area (Å²) in [6.45, 7) is 7.00. The summed E-state index contributed by atoms with van der Waals surface area (Å²) in [6, 6.07) is 8.37. The molecule has 1 amide bonds. The highest BCUT2D eigenvalue weighted by Crippen LogP contribution is 2.28. The van der Waals surface area contributed by atoms with Gasteiger partial charge in [0.05, 0.1) is 5.75 Å². The van der Waals surface area contributed by atoms with Gasteiger partial charge in [0, 0.05) is 31.5 Å². The standard InChI is InChI=1S/C21H28N4O2S/c1-16-6-8-18(9-7-16)27-20-21(24-11-10-23-20)28-15-19(26)22-12-14-25-13-4-3-5-17(25)2/h6-11,17H,3-5,12-15H2,1-2H3,(H,22,26)/t17-/m0/s1. The first-order valence-corrected chi connectivity index (χ1v) is 10.8. The number of hydrogen-bond acceptors (Lipinski definition) is 6. The molecule has 1 aromatic carbocycles. The third kappa shape index (κ3) is 6.21. The Hall–Kier alpha value is -2.12. The highest BCUT2D eigenvalue weighted by atomic mass is 32.2. The van der Waals surface area contributed by atoms with E-state index >= 15 is 0 Å². The van der Waals surface area contributed by atoms with Crippen LogP contribution >= 0.6 is 11.8 Å². The summed E-state index contributed by atoms with van der Waals surface area (Å²) >= 11 is 1.34. The van der Waals surface area contributed by atoms with E-state index in [1.807, 2.05) is 31.2 Å². The lowest BCUT2D eigenvalue weighted by Crippen LogP contribution is -2.42. The van der Waals surface area contributed by atoms with E-state index in [2.05, 4.69) is 27.1 Å². The molecule has 1 aromatic heterocycles. The molecule has 28 heavy (non-hydrogen) atoms. The summed E-state index contributed by atoms with van der Waals surface area (Å²) in [5.74, 6) is 1.42. The highest BCUT2D eigenvalue weighted by Gasteiger charge is 2.17. The van der Waals surface area contributed by atoms with Gasteiger partial charge in [-0.15, -0.1) is 0 Å². The number of amides is 1. The number of hydrogen-bond donors (Lipinski definition) is 1. The number of rotatable bonds is 8. The molecule has 1 N–H and O–H groups in total. The Morgan fingerprint density at radius 3 is 2.82 bits per heavy atom. The van der Waals surface area contributed by atoms with Crippen LogP contribution in [0.15, 0.2) is 41.7 Å². The van der Waals surface area contributed by atoms with Crippen molar-refractivity contribution in [2.24, 2.45) is 0 Å². The summed E-state index contributed by atoms with van der Waals surface area (Å²) in [7, 11) is 0. The van der Waals surface area contributed by atoms with Crippen LogP contribution in [0.25, 0.3) is 0 Å². The van der Waals surface area contributed by atoms with Crippen molar-refractivity contribution in [3.8, 4) is 11.6 Å². The molecule has 0 unspecified atom stereocenters. The zero-order valence-electron chi connectivity index (χ0n) is 16.6. The fourth-order valence-corrected chi connectivity index (χ4v) is 3.94. The van der Waals surface area contributed by atoms with Crippen molar-refractivity contribution in [3.63, 3.8) is 0 Å². The number of thioether (sulfide) groups is 1. The van der Waals surface area contributed by atoms with E-state index in [0.29, 0.717) is 35.0 Å². The van der Waals surface area contributed by atoms with Crippen molar-refractivity contribution < 1.29 is 9.53 Å². The van der Waals surface area contributed by atoms with Gasteiger partial charge in [-0.2, -0.15) is 0 Å². The monoisotopic (exact) mass is 400 g/mol. The smallest absolute Gasteiger partial charge is 0.252 e. The van der Waals surface area contributed by atoms with Crippen molar-refractivity contribution in [1.82, 2.24) is 20.2 Å². The number of aromatic nitrogens is 2. The number of aryl methyl sites for hydroxylation is 1. The topological polar surface area (TPSA) is 67.3 Å². The van der Waals surface area contributed by atoms with E-state index in [1.54, 1.807) is 12.4 Å². The maximum atomic E-state index is 12.2. The van der Waals surface area contributed by atoms with Gasteiger partial charge in [-0.25, -0.2) is 9.97 Å². The quantitative estimate of drug-likeness (QED) is 0.682. The summed E-state index contributed by atoms with van der Waals surface area (Å²) in [5, 5.41) is 3.62. The molecule has 7 heteroatoms. The van der Waals surface area contributed by atoms with Gasteiger partial charge in [-0.05, 0) is 45.4 Å². The van der Waals surface area contributed by atoms with Gasteiger partial charge in [-0.1, -0.05) is 35.9 Å². The van der Waals surface area contributed by atoms with Crippen LogP contribution in [0.5, 0.6) is 11.6 Å². The Bertz CT molecular complexity index is 769. The molecule has 1 atom stereocenters. The fourth-order valence-electron chi connectivity index (χ4n) is 3.21. The Morgan fingerprint density at radius 1 is 1.25 bits per heavy atom. The van der Waals surface area contributed by atoms with E-state index in [-0.39, 0.29) is 5.91 Å². The molecule has 1 aliphatic rings. The van der Waals surface area contributed by atoms with Crippen molar-refractivity contribution in [1.29, 1.82) is 0 Å². The number of piperidine rings is 1. The van der Waals surface area contributed by atoms with Gasteiger partial charge in [0.2, 0.25) is 5.91 Å². The number of benzene rings is 1. The predicted octanol–water partition coefficient (Wildman–Crippen LogP) is 3.66. The van der Waals surface area contributed by atoms with Crippen molar-refractivity contribution in [2.75, 3.05) is 25.4 Å². The lowest BCUT2D eigenvalue weighted by molar-refractivity contribution is -0.118. The molecule has 2 heterocycles. The van der Waals surface area contributed by atoms with E-state index in [9.17, 15) is 4.79 Å². The summed E-state index contributed by atoms with van der Waals surface area (Å²) in [4.78, 5) is 23.2. The first kappa shape index (κ1) is 20.6. The molecule has 3 rings (SSSR count). The van der Waals surface area contributed by atoms with Crippen molar-refractivity contribution in [2.45, 2.75) is 44.2 Å². The van der Waals surface area contributed by atoms with Crippen molar-refractivity contribution in [3.05, 3.63) is 42.2 Å². The summed E-state index contributed by atoms with van der Waals surface area (Å²) in [5.41, 5.74) is 1.16. The molecule has 0 bridgehead atoms. The Balaban J connectivity index is 1.46. The van der Waals surface area contributed by atoms with E-state index in [4.69, 9.17) is 4.74 Å². The molecule has 1 aliphatic heterocycles. The number of nitrogens with one attached hydrogen (secondary N) is 1. The molecule has 0 spiro atoms. The maximum absolute atomic E-state index is 12.2. The average molecular weight is 401 g/mol. The van der Waals surface area contributed by atoms with Crippen LogP contribution in [-0.4, -0.2) is 52.2 Å². The number of carbonyl (C=O) groups is 1. The number of nitrogens with zero attached hydrogens (tertiary/aromatic N) is 3. The Morgan fingerprint density at radius 2 is 2.04 bits per heavy atom. The molecule has 1 saturated heterocycles. The average Bonchev–Trinajstić information content (AvgIpc) is 2.70. The summed E-state index contributed by atoms with van der Waals surface area (Å²) < 4.78 is 5.84. The minimum Gasteiger partial charge on any atom is -0.437 e. The lowest BCUT2D eigenvalue weighted by Gasteiger charge is -2.33. The zero-order valence-corrected chi connectivity index (χ0v) is 17.4. The molecule has 6 nitrogen and oxygen atoms in total.